The lowest BCUT2D eigenvalue weighted by molar-refractivity contribution is -0.119. The third-order valence-electron chi connectivity index (χ3n) is 2.93. The molecule has 104 valence electrons. The molecule has 1 amide bonds. The summed E-state index contributed by atoms with van der Waals surface area (Å²) in [6.45, 7) is 3.90. The van der Waals surface area contributed by atoms with E-state index in [0.717, 1.165) is 19.3 Å². The van der Waals surface area contributed by atoms with Gasteiger partial charge in [0.25, 0.3) is 0 Å². The highest BCUT2D eigenvalue weighted by molar-refractivity contribution is 5.96. The van der Waals surface area contributed by atoms with E-state index in [1.165, 1.54) is 18.2 Å². The zero-order chi connectivity index (χ0) is 14.4. The van der Waals surface area contributed by atoms with E-state index in [4.69, 9.17) is 5.11 Å². The SMILES string of the molecule is CCCCC(C)C(=O)Nc1ccc(O)c(C(=O)O)c1. The van der Waals surface area contributed by atoms with Crippen LogP contribution in [0.5, 0.6) is 5.75 Å². The molecule has 0 fully saturated rings. The minimum atomic E-state index is -1.23. The van der Waals surface area contributed by atoms with Crippen molar-refractivity contribution in [3.8, 4) is 5.75 Å². The number of amides is 1. The van der Waals surface area contributed by atoms with Crippen molar-refractivity contribution >= 4 is 17.6 Å². The summed E-state index contributed by atoms with van der Waals surface area (Å²) < 4.78 is 0. The maximum absolute atomic E-state index is 11.9. The second kappa shape index (κ2) is 6.78. The Morgan fingerprint density at radius 1 is 1.37 bits per heavy atom. The first-order chi connectivity index (χ1) is 8.95. The number of phenols is 1. The molecule has 0 saturated heterocycles. The molecule has 0 radical (unpaired) electrons. The van der Waals surface area contributed by atoms with Crippen LogP contribution < -0.4 is 5.32 Å². The standard InChI is InChI=1S/C14H19NO4/c1-3-4-5-9(2)13(17)15-10-6-7-12(16)11(8-10)14(18)19/h6-9,16H,3-5H2,1-2H3,(H,15,17)(H,18,19). The van der Waals surface area contributed by atoms with Crippen molar-refractivity contribution in [3.63, 3.8) is 0 Å². The van der Waals surface area contributed by atoms with Gasteiger partial charge in [0.1, 0.15) is 11.3 Å². The Morgan fingerprint density at radius 3 is 2.63 bits per heavy atom. The minimum Gasteiger partial charge on any atom is -0.507 e. The van der Waals surface area contributed by atoms with Gasteiger partial charge in [-0.15, -0.1) is 0 Å². The zero-order valence-corrected chi connectivity index (χ0v) is 11.1. The van der Waals surface area contributed by atoms with Gasteiger partial charge in [-0.05, 0) is 24.6 Å². The molecule has 0 aliphatic carbocycles. The molecule has 0 aromatic heterocycles. The second-order valence-electron chi connectivity index (χ2n) is 4.57. The van der Waals surface area contributed by atoms with Crippen LogP contribution in [0.25, 0.3) is 0 Å². The Kier molecular flexibility index (Phi) is 5.36. The molecule has 0 aliphatic rings. The van der Waals surface area contributed by atoms with Gasteiger partial charge in [-0.3, -0.25) is 4.79 Å². The van der Waals surface area contributed by atoms with E-state index in [0.29, 0.717) is 5.69 Å². The average Bonchev–Trinajstić information content (AvgIpc) is 2.37. The normalized spacial score (nSPS) is 11.9. The Morgan fingerprint density at radius 2 is 2.05 bits per heavy atom. The van der Waals surface area contributed by atoms with Crippen LogP contribution in [0, 0.1) is 5.92 Å². The van der Waals surface area contributed by atoms with E-state index < -0.39 is 5.97 Å². The summed E-state index contributed by atoms with van der Waals surface area (Å²) in [5.74, 6) is -1.81. The van der Waals surface area contributed by atoms with Crippen molar-refractivity contribution in [2.24, 2.45) is 5.92 Å². The Labute approximate surface area is 112 Å². The largest absolute Gasteiger partial charge is 0.507 e. The van der Waals surface area contributed by atoms with Crippen LogP contribution in [0.1, 0.15) is 43.5 Å². The quantitative estimate of drug-likeness (QED) is 0.690. The monoisotopic (exact) mass is 265 g/mol. The van der Waals surface area contributed by atoms with Crippen molar-refractivity contribution in [2.45, 2.75) is 33.1 Å². The highest BCUT2D eigenvalue weighted by Crippen LogP contribution is 2.22. The minimum absolute atomic E-state index is 0.123. The van der Waals surface area contributed by atoms with Crippen molar-refractivity contribution in [2.75, 3.05) is 5.32 Å². The third-order valence-corrected chi connectivity index (χ3v) is 2.93. The van der Waals surface area contributed by atoms with E-state index in [-0.39, 0.29) is 23.1 Å². The van der Waals surface area contributed by atoms with Crippen LogP contribution in [0.3, 0.4) is 0 Å². The molecule has 1 atom stereocenters. The van der Waals surface area contributed by atoms with E-state index >= 15 is 0 Å². The first-order valence-electron chi connectivity index (χ1n) is 6.32. The fraction of sp³-hybridized carbons (Fsp3) is 0.429. The number of carbonyl (C=O) groups excluding carboxylic acids is 1. The summed E-state index contributed by atoms with van der Waals surface area (Å²) in [7, 11) is 0. The molecule has 19 heavy (non-hydrogen) atoms. The molecule has 1 unspecified atom stereocenters. The molecule has 1 aromatic rings. The summed E-state index contributed by atoms with van der Waals surface area (Å²) in [5, 5.41) is 20.9. The zero-order valence-electron chi connectivity index (χ0n) is 11.1. The number of unbranched alkanes of at least 4 members (excludes halogenated alkanes) is 1. The molecule has 0 bridgehead atoms. The number of carboxylic acid groups (broad SMARTS) is 1. The van der Waals surface area contributed by atoms with Crippen LogP contribution in [0.15, 0.2) is 18.2 Å². The van der Waals surface area contributed by atoms with Gasteiger partial charge in [-0.2, -0.15) is 0 Å². The van der Waals surface area contributed by atoms with Gasteiger partial charge in [-0.25, -0.2) is 4.79 Å². The Hall–Kier alpha value is -2.04. The highest BCUT2D eigenvalue weighted by atomic mass is 16.4. The van der Waals surface area contributed by atoms with Crippen molar-refractivity contribution in [3.05, 3.63) is 23.8 Å². The van der Waals surface area contributed by atoms with Crippen LogP contribution >= 0.6 is 0 Å². The molecule has 5 nitrogen and oxygen atoms in total. The predicted octanol–water partition coefficient (Wildman–Crippen LogP) is 2.86. The number of carboxylic acids is 1. The topological polar surface area (TPSA) is 86.6 Å². The number of benzene rings is 1. The van der Waals surface area contributed by atoms with Crippen molar-refractivity contribution in [1.82, 2.24) is 0 Å². The predicted molar refractivity (Wildman–Crippen MR) is 72.4 cm³/mol. The number of anilines is 1. The maximum Gasteiger partial charge on any atom is 0.339 e. The van der Waals surface area contributed by atoms with Gasteiger partial charge < -0.3 is 15.5 Å². The molecule has 1 aromatic carbocycles. The number of nitrogens with one attached hydrogen (secondary N) is 1. The number of hydrogen-bond acceptors (Lipinski definition) is 3. The summed E-state index contributed by atoms with van der Waals surface area (Å²) in [4.78, 5) is 22.7. The Bertz CT molecular complexity index is 471. The number of aromatic carboxylic acids is 1. The molecule has 1 rings (SSSR count). The molecule has 0 heterocycles. The fourth-order valence-corrected chi connectivity index (χ4v) is 1.69. The number of carbonyl (C=O) groups is 2. The van der Waals surface area contributed by atoms with E-state index in [1.807, 2.05) is 6.92 Å². The second-order valence-corrected chi connectivity index (χ2v) is 4.57. The van der Waals surface area contributed by atoms with Gasteiger partial charge in [0.15, 0.2) is 0 Å². The lowest BCUT2D eigenvalue weighted by atomic mass is 10.0. The van der Waals surface area contributed by atoms with Gasteiger partial charge in [-0.1, -0.05) is 26.7 Å². The summed E-state index contributed by atoms with van der Waals surface area (Å²) in [6.07, 6.45) is 2.80. The van der Waals surface area contributed by atoms with Gasteiger partial charge in [0.05, 0.1) is 0 Å². The molecular weight excluding hydrogens is 246 g/mol. The van der Waals surface area contributed by atoms with Crippen LogP contribution in [0.4, 0.5) is 5.69 Å². The maximum atomic E-state index is 11.9. The molecular formula is C14H19NO4. The number of aromatic hydroxyl groups is 1. The van der Waals surface area contributed by atoms with Crippen molar-refractivity contribution < 1.29 is 19.8 Å². The summed E-state index contributed by atoms with van der Waals surface area (Å²) in [6, 6.07) is 3.99. The van der Waals surface area contributed by atoms with Crippen LogP contribution in [0.2, 0.25) is 0 Å². The molecule has 5 heteroatoms. The van der Waals surface area contributed by atoms with Crippen molar-refractivity contribution in [1.29, 1.82) is 0 Å². The van der Waals surface area contributed by atoms with E-state index in [2.05, 4.69) is 12.2 Å². The molecule has 0 saturated carbocycles. The van der Waals surface area contributed by atoms with E-state index in [9.17, 15) is 14.7 Å². The molecule has 0 aliphatic heterocycles. The average molecular weight is 265 g/mol. The number of rotatable bonds is 6. The van der Waals surface area contributed by atoms with Gasteiger partial charge in [0.2, 0.25) is 5.91 Å². The lowest BCUT2D eigenvalue weighted by Gasteiger charge is -2.12. The lowest BCUT2D eigenvalue weighted by Crippen LogP contribution is -2.20. The smallest absolute Gasteiger partial charge is 0.339 e. The first-order valence-corrected chi connectivity index (χ1v) is 6.32. The molecule has 0 spiro atoms. The van der Waals surface area contributed by atoms with Gasteiger partial charge >= 0.3 is 5.97 Å². The summed E-state index contributed by atoms with van der Waals surface area (Å²) >= 11 is 0. The van der Waals surface area contributed by atoms with Crippen LogP contribution in [-0.4, -0.2) is 22.1 Å². The highest BCUT2D eigenvalue weighted by Gasteiger charge is 2.15. The fourth-order valence-electron chi connectivity index (χ4n) is 1.69. The van der Waals surface area contributed by atoms with Crippen LogP contribution in [-0.2, 0) is 4.79 Å². The first kappa shape index (κ1) is 15.0. The summed E-state index contributed by atoms with van der Waals surface area (Å²) in [5.41, 5.74) is 0.155. The Balaban J connectivity index is 2.74. The van der Waals surface area contributed by atoms with E-state index in [1.54, 1.807) is 0 Å². The molecule has 3 N–H and O–H groups in total. The third kappa shape index (κ3) is 4.28. The number of hydrogen-bond donors (Lipinski definition) is 3. The van der Waals surface area contributed by atoms with Gasteiger partial charge in [0, 0.05) is 11.6 Å².